The van der Waals surface area contributed by atoms with Gasteiger partial charge in [-0.15, -0.1) is 0 Å². The van der Waals surface area contributed by atoms with Crippen molar-refractivity contribution < 1.29 is 16.8 Å². The van der Waals surface area contributed by atoms with Crippen LogP contribution in [0.3, 0.4) is 0 Å². The van der Waals surface area contributed by atoms with Crippen molar-refractivity contribution in [2.75, 3.05) is 45.2 Å². The molecule has 0 bridgehead atoms. The average molecular weight is 339 g/mol. The van der Waals surface area contributed by atoms with Gasteiger partial charge >= 0.3 is 0 Å². The maximum absolute atomic E-state index is 12.6. The molecule has 0 aliphatic carbocycles. The minimum absolute atomic E-state index is 0.0566. The number of hydrogen-bond donors (Lipinski definition) is 1. The van der Waals surface area contributed by atoms with Gasteiger partial charge in [-0.1, -0.05) is 0 Å². The van der Waals surface area contributed by atoms with Crippen LogP contribution in [0.25, 0.3) is 0 Å². The van der Waals surface area contributed by atoms with Crippen molar-refractivity contribution in [3.05, 3.63) is 0 Å². The van der Waals surface area contributed by atoms with Gasteiger partial charge in [0.2, 0.25) is 0 Å². The molecule has 0 aromatic heterocycles. The van der Waals surface area contributed by atoms with Crippen LogP contribution in [-0.4, -0.2) is 76.7 Å². The smallest absolute Gasteiger partial charge is 0.282 e. The standard InChI is InChI=1S/C12H25N3O4S2/c1-13-9-11-3-6-15(7-4-11)21(18,19)14(2)12-5-8-20(16,17)10-12/h11-13H,3-10H2,1-2H3. The van der Waals surface area contributed by atoms with Gasteiger partial charge in [-0.05, 0) is 38.8 Å². The molecule has 0 saturated carbocycles. The van der Waals surface area contributed by atoms with Gasteiger partial charge in [-0.25, -0.2) is 8.42 Å². The Morgan fingerprint density at radius 2 is 1.86 bits per heavy atom. The minimum Gasteiger partial charge on any atom is -0.319 e. The van der Waals surface area contributed by atoms with Crippen LogP contribution < -0.4 is 5.32 Å². The molecule has 2 aliphatic heterocycles. The Labute approximate surface area is 127 Å². The van der Waals surface area contributed by atoms with Crippen LogP contribution in [0.15, 0.2) is 0 Å². The van der Waals surface area contributed by atoms with Crippen molar-refractivity contribution in [2.24, 2.45) is 5.92 Å². The maximum Gasteiger partial charge on any atom is 0.282 e. The van der Waals surface area contributed by atoms with Crippen molar-refractivity contribution in [3.8, 4) is 0 Å². The lowest BCUT2D eigenvalue weighted by Gasteiger charge is -2.35. The molecule has 124 valence electrons. The number of piperidine rings is 1. The molecule has 1 atom stereocenters. The minimum atomic E-state index is -3.55. The lowest BCUT2D eigenvalue weighted by atomic mass is 9.98. The lowest BCUT2D eigenvalue weighted by molar-refractivity contribution is 0.249. The van der Waals surface area contributed by atoms with E-state index >= 15 is 0 Å². The van der Waals surface area contributed by atoms with Gasteiger partial charge in [0.1, 0.15) is 0 Å². The highest BCUT2D eigenvalue weighted by atomic mass is 32.2. The van der Waals surface area contributed by atoms with E-state index in [9.17, 15) is 16.8 Å². The molecule has 0 radical (unpaired) electrons. The highest BCUT2D eigenvalue weighted by molar-refractivity contribution is 7.91. The molecule has 2 saturated heterocycles. The maximum atomic E-state index is 12.6. The van der Waals surface area contributed by atoms with Crippen LogP contribution in [0.4, 0.5) is 0 Å². The highest BCUT2D eigenvalue weighted by Crippen LogP contribution is 2.24. The molecular weight excluding hydrogens is 314 g/mol. The molecule has 21 heavy (non-hydrogen) atoms. The Morgan fingerprint density at radius 1 is 1.24 bits per heavy atom. The van der Waals surface area contributed by atoms with Crippen molar-refractivity contribution in [1.29, 1.82) is 0 Å². The third-order valence-electron chi connectivity index (χ3n) is 4.48. The summed E-state index contributed by atoms with van der Waals surface area (Å²) in [6.45, 7) is 1.93. The number of nitrogens with zero attached hydrogens (tertiary/aromatic N) is 2. The van der Waals surface area contributed by atoms with E-state index < -0.39 is 26.1 Å². The molecule has 2 aliphatic rings. The SMILES string of the molecule is CNCC1CCN(S(=O)(=O)N(C)C2CCS(=O)(=O)C2)CC1. The number of nitrogens with one attached hydrogen (secondary N) is 1. The zero-order valence-corrected chi connectivity index (χ0v) is 14.3. The number of rotatable bonds is 5. The van der Waals surface area contributed by atoms with Crippen molar-refractivity contribution in [3.63, 3.8) is 0 Å². The first kappa shape index (κ1) is 17.1. The van der Waals surface area contributed by atoms with E-state index in [1.165, 1.54) is 15.7 Å². The molecule has 7 nitrogen and oxygen atoms in total. The lowest BCUT2D eigenvalue weighted by Crippen LogP contribution is -2.50. The fourth-order valence-electron chi connectivity index (χ4n) is 3.07. The second-order valence-corrected chi connectivity index (χ2v) is 10.2. The average Bonchev–Trinajstić information content (AvgIpc) is 2.79. The van der Waals surface area contributed by atoms with Crippen LogP contribution in [-0.2, 0) is 20.0 Å². The van der Waals surface area contributed by atoms with Crippen LogP contribution in [0.5, 0.6) is 0 Å². The summed E-state index contributed by atoms with van der Waals surface area (Å²) >= 11 is 0. The van der Waals surface area contributed by atoms with Crippen molar-refractivity contribution in [2.45, 2.75) is 25.3 Å². The second kappa shape index (κ2) is 6.49. The Kier molecular flexibility index (Phi) is 5.30. The quantitative estimate of drug-likeness (QED) is 0.714. The zero-order valence-electron chi connectivity index (χ0n) is 12.7. The topological polar surface area (TPSA) is 86.8 Å². The summed E-state index contributed by atoms with van der Waals surface area (Å²) in [5, 5.41) is 3.12. The number of sulfone groups is 1. The molecule has 0 amide bonds. The first-order valence-electron chi connectivity index (χ1n) is 7.34. The van der Waals surface area contributed by atoms with Crippen molar-refractivity contribution >= 4 is 20.0 Å². The molecule has 0 aromatic carbocycles. The van der Waals surface area contributed by atoms with E-state index in [-0.39, 0.29) is 11.5 Å². The zero-order chi connectivity index (χ0) is 15.7. The van der Waals surface area contributed by atoms with Gasteiger partial charge in [0.25, 0.3) is 10.2 Å². The van der Waals surface area contributed by atoms with Gasteiger partial charge in [0.15, 0.2) is 9.84 Å². The predicted molar refractivity (Wildman–Crippen MR) is 82.0 cm³/mol. The van der Waals surface area contributed by atoms with E-state index in [0.717, 1.165) is 19.4 Å². The van der Waals surface area contributed by atoms with Crippen LogP contribution in [0, 0.1) is 5.92 Å². The van der Waals surface area contributed by atoms with E-state index in [0.29, 0.717) is 25.4 Å². The van der Waals surface area contributed by atoms with Crippen LogP contribution in [0.1, 0.15) is 19.3 Å². The summed E-state index contributed by atoms with van der Waals surface area (Å²) in [5.74, 6) is 0.541. The van der Waals surface area contributed by atoms with Gasteiger partial charge in [0.05, 0.1) is 11.5 Å². The van der Waals surface area contributed by atoms with E-state index in [1.54, 1.807) is 0 Å². The summed E-state index contributed by atoms with van der Waals surface area (Å²) in [6, 6.07) is -0.421. The predicted octanol–water partition coefficient (Wildman–Crippen LogP) is -0.718. The van der Waals surface area contributed by atoms with E-state index in [4.69, 9.17) is 0 Å². The van der Waals surface area contributed by atoms with Gasteiger partial charge in [0, 0.05) is 26.2 Å². The molecule has 1 N–H and O–H groups in total. The fourth-order valence-corrected chi connectivity index (χ4v) is 6.53. The van der Waals surface area contributed by atoms with Crippen molar-refractivity contribution in [1.82, 2.24) is 13.9 Å². The molecule has 9 heteroatoms. The number of hydrogen-bond acceptors (Lipinski definition) is 5. The monoisotopic (exact) mass is 339 g/mol. The normalized spacial score (nSPS) is 28.2. The third-order valence-corrected chi connectivity index (χ3v) is 8.27. The van der Waals surface area contributed by atoms with E-state index in [2.05, 4.69) is 5.32 Å². The summed E-state index contributed by atoms with van der Waals surface area (Å²) in [7, 11) is -3.23. The Hall–Kier alpha value is -0.220. The molecule has 1 unspecified atom stereocenters. The van der Waals surface area contributed by atoms with Gasteiger partial charge < -0.3 is 5.32 Å². The third kappa shape index (κ3) is 3.95. The van der Waals surface area contributed by atoms with Crippen LogP contribution in [0.2, 0.25) is 0 Å². The molecular formula is C12H25N3O4S2. The molecule has 2 rings (SSSR count). The summed E-state index contributed by atoms with van der Waals surface area (Å²) < 4.78 is 51.0. The highest BCUT2D eigenvalue weighted by Gasteiger charge is 2.39. The fraction of sp³-hybridized carbons (Fsp3) is 1.00. The summed E-state index contributed by atoms with van der Waals surface area (Å²) in [4.78, 5) is 0. The Morgan fingerprint density at radius 3 is 2.33 bits per heavy atom. The summed E-state index contributed by atoms with van der Waals surface area (Å²) in [6.07, 6.45) is 2.09. The molecule has 2 fully saturated rings. The molecule has 0 aromatic rings. The first-order valence-corrected chi connectivity index (χ1v) is 10.6. The van der Waals surface area contributed by atoms with E-state index in [1.807, 2.05) is 7.05 Å². The first-order chi connectivity index (χ1) is 9.76. The Bertz CT molecular complexity index is 553. The molecule has 2 heterocycles. The largest absolute Gasteiger partial charge is 0.319 e. The van der Waals surface area contributed by atoms with Gasteiger partial charge in [-0.2, -0.15) is 17.0 Å². The van der Waals surface area contributed by atoms with Crippen LogP contribution >= 0.6 is 0 Å². The Balaban J connectivity index is 1.99. The summed E-state index contributed by atoms with van der Waals surface area (Å²) in [5.41, 5.74) is 0. The molecule has 0 spiro atoms. The van der Waals surface area contributed by atoms with Gasteiger partial charge in [-0.3, -0.25) is 0 Å². The second-order valence-electron chi connectivity index (χ2n) is 5.98.